The van der Waals surface area contributed by atoms with Crippen LogP contribution < -0.4 is 20.1 Å². The van der Waals surface area contributed by atoms with E-state index in [9.17, 15) is 10.1 Å². The van der Waals surface area contributed by atoms with Gasteiger partial charge in [0.1, 0.15) is 22.6 Å². The molecule has 1 aliphatic heterocycles. The van der Waals surface area contributed by atoms with Crippen LogP contribution in [0.1, 0.15) is 28.5 Å². The van der Waals surface area contributed by atoms with Crippen LogP contribution in [-0.4, -0.2) is 26.2 Å². The van der Waals surface area contributed by atoms with Crippen molar-refractivity contribution in [3.05, 3.63) is 45.8 Å². The Hall–Kier alpha value is -2.82. The average Bonchev–Trinajstić information content (AvgIpc) is 3.04. The monoisotopic (exact) mass is 383 g/mol. The number of carbonyl (C=O) groups excluding carboxylic acids is 1. The van der Waals surface area contributed by atoms with E-state index in [1.54, 1.807) is 13.2 Å². The van der Waals surface area contributed by atoms with Crippen LogP contribution in [-0.2, 0) is 17.8 Å². The number of rotatable bonds is 6. The van der Waals surface area contributed by atoms with Gasteiger partial charge in [-0.05, 0) is 49.7 Å². The Morgan fingerprint density at radius 2 is 2.33 bits per heavy atom. The molecule has 0 unspecified atom stereocenters. The topological polar surface area (TPSA) is 83.4 Å². The van der Waals surface area contributed by atoms with Gasteiger partial charge in [-0.25, -0.2) is 0 Å². The lowest BCUT2D eigenvalue weighted by Gasteiger charge is -2.11. The Balaban J connectivity index is 1.79. The zero-order valence-electron chi connectivity index (χ0n) is 15.3. The molecule has 1 amide bonds. The van der Waals surface area contributed by atoms with Gasteiger partial charge >= 0.3 is 0 Å². The van der Waals surface area contributed by atoms with Crippen molar-refractivity contribution >= 4 is 28.3 Å². The van der Waals surface area contributed by atoms with Gasteiger partial charge in [-0.15, -0.1) is 11.3 Å². The minimum atomic E-state index is -0.289. The van der Waals surface area contributed by atoms with Crippen molar-refractivity contribution in [3.63, 3.8) is 0 Å². The van der Waals surface area contributed by atoms with Gasteiger partial charge in [0, 0.05) is 23.1 Å². The molecule has 0 bridgehead atoms. The summed E-state index contributed by atoms with van der Waals surface area (Å²) in [6.07, 6.45) is 3.93. The van der Waals surface area contributed by atoms with E-state index < -0.39 is 0 Å². The second-order valence-corrected chi connectivity index (χ2v) is 7.01. The van der Waals surface area contributed by atoms with Gasteiger partial charge in [0.15, 0.2) is 0 Å². The average molecular weight is 383 g/mol. The number of methoxy groups -OCH3 is 1. The van der Waals surface area contributed by atoms with Gasteiger partial charge in [0.25, 0.3) is 0 Å². The molecule has 0 saturated heterocycles. The van der Waals surface area contributed by atoms with Crippen molar-refractivity contribution < 1.29 is 14.3 Å². The van der Waals surface area contributed by atoms with Crippen LogP contribution >= 0.6 is 11.3 Å². The number of benzene rings is 1. The molecule has 3 rings (SSSR count). The Bertz CT molecular complexity index is 912. The number of ether oxygens (including phenoxy) is 2. The first-order chi connectivity index (χ1) is 13.2. The molecule has 2 N–H and O–H groups in total. The number of nitriles is 1. The number of nitrogens with zero attached hydrogens (tertiary/aromatic N) is 1. The van der Waals surface area contributed by atoms with E-state index in [4.69, 9.17) is 9.47 Å². The summed E-state index contributed by atoms with van der Waals surface area (Å²) in [4.78, 5) is 13.5. The zero-order valence-corrected chi connectivity index (χ0v) is 16.1. The van der Waals surface area contributed by atoms with Crippen molar-refractivity contribution in [3.8, 4) is 17.6 Å². The van der Waals surface area contributed by atoms with Crippen LogP contribution in [0.4, 0.5) is 5.00 Å². The minimum absolute atomic E-state index is 0.289. The van der Waals surface area contributed by atoms with Gasteiger partial charge in [0.2, 0.25) is 5.91 Å². The molecular formula is C20H21N3O3S. The number of hydrogen-bond acceptors (Lipinski definition) is 6. The summed E-state index contributed by atoms with van der Waals surface area (Å²) < 4.78 is 10.8. The largest absolute Gasteiger partial charge is 0.497 e. The summed E-state index contributed by atoms with van der Waals surface area (Å²) in [6, 6.07) is 7.67. The van der Waals surface area contributed by atoms with Crippen molar-refractivity contribution in [2.75, 3.05) is 25.6 Å². The third-order valence-electron chi connectivity index (χ3n) is 4.21. The van der Waals surface area contributed by atoms with Crippen LogP contribution in [0.15, 0.2) is 24.3 Å². The van der Waals surface area contributed by atoms with Crippen LogP contribution in [0, 0.1) is 11.3 Å². The fourth-order valence-electron chi connectivity index (χ4n) is 2.93. The molecule has 7 heteroatoms. The molecule has 140 valence electrons. The lowest BCUT2D eigenvalue weighted by Crippen LogP contribution is -2.22. The van der Waals surface area contributed by atoms with Gasteiger partial charge in [-0.1, -0.05) is 0 Å². The molecular weight excluding hydrogens is 362 g/mol. The molecule has 0 spiro atoms. The van der Waals surface area contributed by atoms with E-state index in [0.29, 0.717) is 28.7 Å². The van der Waals surface area contributed by atoms with Crippen LogP contribution in [0.25, 0.3) is 6.08 Å². The fourth-order valence-corrected chi connectivity index (χ4v) is 4.10. The molecule has 2 aromatic rings. The van der Waals surface area contributed by atoms with Crippen LogP contribution in [0.2, 0.25) is 0 Å². The normalized spacial score (nSPS) is 13.1. The minimum Gasteiger partial charge on any atom is -0.497 e. The Morgan fingerprint density at radius 3 is 3.07 bits per heavy atom. The third-order valence-corrected chi connectivity index (χ3v) is 5.36. The number of anilines is 1. The smallest absolute Gasteiger partial charge is 0.249 e. The molecule has 1 aromatic heterocycles. The highest BCUT2D eigenvalue weighted by Crippen LogP contribution is 2.34. The SMILES string of the molecule is CCOc1ccc(OC)cc1C=CC(=O)Nc1sc2c(c1C#N)CCNC2. The zero-order chi connectivity index (χ0) is 19.2. The summed E-state index contributed by atoms with van der Waals surface area (Å²) in [5.74, 6) is 1.07. The van der Waals surface area contributed by atoms with Crippen LogP contribution in [0.3, 0.4) is 0 Å². The second-order valence-electron chi connectivity index (χ2n) is 5.91. The highest BCUT2D eigenvalue weighted by Gasteiger charge is 2.21. The maximum Gasteiger partial charge on any atom is 0.249 e. The molecule has 27 heavy (non-hydrogen) atoms. The van der Waals surface area contributed by atoms with Crippen molar-refractivity contribution in [2.24, 2.45) is 0 Å². The summed E-state index contributed by atoms with van der Waals surface area (Å²) in [5, 5.41) is 16.2. The number of hydrogen-bond donors (Lipinski definition) is 2. The maximum absolute atomic E-state index is 12.4. The number of amides is 1. The molecule has 6 nitrogen and oxygen atoms in total. The Morgan fingerprint density at radius 1 is 1.48 bits per heavy atom. The first-order valence-corrected chi connectivity index (χ1v) is 9.53. The van der Waals surface area contributed by atoms with Crippen LogP contribution in [0.5, 0.6) is 11.5 Å². The quantitative estimate of drug-likeness (QED) is 0.748. The summed E-state index contributed by atoms with van der Waals surface area (Å²) in [7, 11) is 1.59. The molecule has 0 fully saturated rings. The molecule has 0 saturated carbocycles. The van der Waals surface area contributed by atoms with Gasteiger partial charge in [0.05, 0.1) is 19.3 Å². The van der Waals surface area contributed by atoms with Gasteiger partial charge < -0.3 is 20.1 Å². The van der Waals surface area contributed by atoms with Gasteiger partial charge in [-0.2, -0.15) is 5.26 Å². The predicted molar refractivity (Wildman–Crippen MR) is 106 cm³/mol. The highest BCUT2D eigenvalue weighted by molar-refractivity contribution is 7.16. The third kappa shape index (κ3) is 4.30. The maximum atomic E-state index is 12.4. The summed E-state index contributed by atoms with van der Waals surface area (Å²) >= 11 is 1.46. The lowest BCUT2D eigenvalue weighted by atomic mass is 10.1. The van der Waals surface area contributed by atoms with E-state index in [0.717, 1.165) is 35.5 Å². The second kappa shape index (κ2) is 8.71. The summed E-state index contributed by atoms with van der Waals surface area (Å²) in [5.41, 5.74) is 2.38. The van der Waals surface area contributed by atoms with E-state index in [-0.39, 0.29) is 5.91 Å². The van der Waals surface area contributed by atoms with E-state index in [2.05, 4.69) is 16.7 Å². The predicted octanol–water partition coefficient (Wildman–Crippen LogP) is 3.32. The standard InChI is InChI=1S/C20H21N3O3S/c1-3-26-17-6-5-14(25-2)10-13(17)4-7-19(24)23-20-16(11-21)15-8-9-22-12-18(15)27-20/h4-7,10,22H,3,8-9,12H2,1-2H3,(H,23,24). The first-order valence-electron chi connectivity index (χ1n) is 8.71. The molecule has 1 aromatic carbocycles. The molecule has 1 aliphatic rings. The molecule has 0 aliphatic carbocycles. The van der Waals surface area contributed by atoms with E-state index in [1.165, 1.54) is 17.4 Å². The number of fused-ring (bicyclic) bond motifs is 1. The highest BCUT2D eigenvalue weighted by atomic mass is 32.1. The van der Waals surface area contributed by atoms with Crippen molar-refractivity contribution in [1.82, 2.24) is 5.32 Å². The van der Waals surface area contributed by atoms with E-state index >= 15 is 0 Å². The molecule has 0 radical (unpaired) electrons. The Labute approximate surface area is 162 Å². The molecule has 0 atom stereocenters. The van der Waals surface area contributed by atoms with Crippen molar-refractivity contribution in [2.45, 2.75) is 19.9 Å². The van der Waals surface area contributed by atoms with Crippen molar-refractivity contribution in [1.29, 1.82) is 5.26 Å². The fraction of sp³-hybridized carbons (Fsp3) is 0.300. The first kappa shape index (κ1) is 19.0. The number of nitrogens with one attached hydrogen (secondary N) is 2. The lowest BCUT2D eigenvalue weighted by molar-refractivity contribution is -0.111. The van der Waals surface area contributed by atoms with E-state index in [1.807, 2.05) is 25.1 Å². The molecule has 2 heterocycles. The number of thiophene rings is 1. The number of carbonyl (C=O) groups is 1. The Kier molecular flexibility index (Phi) is 6.12. The van der Waals surface area contributed by atoms with Gasteiger partial charge in [-0.3, -0.25) is 4.79 Å². The summed E-state index contributed by atoms with van der Waals surface area (Å²) in [6.45, 7) is 4.02.